The second-order valence-electron chi connectivity index (χ2n) is 5.94. The molecule has 0 saturated carbocycles. The van der Waals surface area contributed by atoms with Gasteiger partial charge in [-0.2, -0.15) is 0 Å². The van der Waals surface area contributed by atoms with Crippen LogP contribution in [0, 0.1) is 0 Å². The molecule has 0 bridgehead atoms. The van der Waals surface area contributed by atoms with Crippen molar-refractivity contribution in [3.63, 3.8) is 0 Å². The summed E-state index contributed by atoms with van der Waals surface area (Å²) in [6.45, 7) is 2.69. The molecule has 0 amide bonds. The summed E-state index contributed by atoms with van der Waals surface area (Å²) in [4.78, 5) is 3.75. The summed E-state index contributed by atoms with van der Waals surface area (Å²) in [5, 5.41) is 0.767. The molecule has 1 N–H and O–H groups in total. The Bertz CT molecular complexity index is 578. The highest BCUT2D eigenvalue weighted by molar-refractivity contribution is 7.99. The van der Waals surface area contributed by atoms with E-state index in [1.54, 1.807) is 0 Å². The monoisotopic (exact) mass is 376 g/mol. The van der Waals surface area contributed by atoms with Crippen LogP contribution in [-0.4, -0.2) is 51.0 Å². The largest absolute Gasteiger partial charge is 0.300 e. The minimum Gasteiger partial charge on any atom is -0.300 e. The first-order valence-electron chi connectivity index (χ1n) is 8.01. The molecule has 0 aliphatic carbocycles. The predicted octanol–water partition coefficient (Wildman–Crippen LogP) is 3.23. The molecule has 1 aromatic rings. The topological polar surface area (TPSA) is 49.4 Å². The number of benzene rings is 1. The quantitative estimate of drug-likeness (QED) is 0.707. The lowest BCUT2D eigenvalue weighted by Crippen LogP contribution is -2.42. The van der Waals surface area contributed by atoms with E-state index >= 15 is 0 Å². The van der Waals surface area contributed by atoms with Crippen LogP contribution in [0.3, 0.4) is 0 Å². The second kappa shape index (κ2) is 9.28. The highest BCUT2D eigenvalue weighted by Gasteiger charge is 2.21. The van der Waals surface area contributed by atoms with Crippen LogP contribution < -0.4 is 4.72 Å². The minimum atomic E-state index is -3.08. The molecule has 1 saturated heterocycles. The van der Waals surface area contributed by atoms with Gasteiger partial charge in [0.25, 0.3) is 0 Å². The molecular weight excluding hydrogens is 352 g/mol. The normalized spacial score (nSPS) is 19.8. The molecule has 23 heavy (non-hydrogen) atoms. The minimum absolute atomic E-state index is 0.490. The number of hydrogen-bond donors (Lipinski definition) is 1. The third-order valence-corrected chi connectivity index (χ3v) is 6.02. The maximum atomic E-state index is 11.2. The number of rotatable bonds is 8. The second-order valence-corrected chi connectivity index (χ2v) is 9.38. The summed E-state index contributed by atoms with van der Waals surface area (Å²) in [5.74, 6) is 1.04. The average molecular weight is 377 g/mol. The third-order valence-electron chi connectivity index (χ3n) is 4.05. The van der Waals surface area contributed by atoms with Crippen LogP contribution in [0.25, 0.3) is 0 Å². The molecule has 1 aromatic carbocycles. The van der Waals surface area contributed by atoms with E-state index < -0.39 is 10.0 Å². The van der Waals surface area contributed by atoms with E-state index in [1.165, 1.54) is 24.0 Å². The van der Waals surface area contributed by atoms with E-state index in [-0.39, 0.29) is 0 Å². The molecule has 1 aliphatic rings. The Hall–Kier alpha value is -0.270. The SMILES string of the molecule is CS(=O)(=O)NCCC1CCCCN1CCSc1ccc(Cl)cc1. The van der Waals surface area contributed by atoms with Gasteiger partial charge < -0.3 is 0 Å². The van der Waals surface area contributed by atoms with Crippen molar-refractivity contribution in [3.05, 3.63) is 29.3 Å². The molecule has 0 radical (unpaired) electrons. The van der Waals surface area contributed by atoms with Crippen molar-refractivity contribution in [2.24, 2.45) is 0 Å². The van der Waals surface area contributed by atoms with Crippen molar-refractivity contribution in [3.8, 4) is 0 Å². The van der Waals surface area contributed by atoms with Crippen molar-refractivity contribution in [2.45, 2.75) is 36.6 Å². The summed E-state index contributed by atoms with van der Waals surface area (Å²) >= 11 is 7.74. The van der Waals surface area contributed by atoms with E-state index in [0.717, 1.165) is 36.7 Å². The van der Waals surface area contributed by atoms with Gasteiger partial charge in [-0.1, -0.05) is 18.0 Å². The Morgan fingerprint density at radius 2 is 2.04 bits per heavy atom. The van der Waals surface area contributed by atoms with Crippen LogP contribution in [0.4, 0.5) is 0 Å². The highest BCUT2D eigenvalue weighted by atomic mass is 35.5. The lowest BCUT2D eigenvalue weighted by Gasteiger charge is -2.35. The predicted molar refractivity (Wildman–Crippen MR) is 98.9 cm³/mol. The van der Waals surface area contributed by atoms with Gasteiger partial charge in [0.05, 0.1) is 6.26 Å². The number of nitrogens with one attached hydrogen (secondary N) is 1. The zero-order valence-electron chi connectivity index (χ0n) is 13.5. The van der Waals surface area contributed by atoms with Crippen LogP contribution in [0.1, 0.15) is 25.7 Å². The molecule has 4 nitrogen and oxygen atoms in total. The van der Waals surface area contributed by atoms with Crippen LogP contribution in [-0.2, 0) is 10.0 Å². The number of piperidine rings is 1. The fourth-order valence-corrected chi connectivity index (χ4v) is 4.41. The van der Waals surface area contributed by atoms with Crippen molar-refractivity contribution in [2.75, 3.05) is 31.6 Å². The zero-order chi connectivity index (χ0) is 16.7. The Kier molecular flexibility index (Phi) is 7.69. The van der Waals surface area contributed by atoms with Gasteiger partial charge in [-0.15, -0.1) is 11.8 Å². The van der Waals surface area contributed by atoms with E-state index in [9.17, 15) is 8.42 Å². The van der Waals surface area contributed by atoms with Gasteiger partial charge in [0.2, 0.25) is 10.0 Å². The maximum Gasteiger partial charge on any atom is 0.208 e. The number of thioether (sulfide) groups is 1. The molecule has 0 spiro atoms. The van der Waals surface area contributed by atoms with E-state index in [2.05, 4.69) is 21.8 Å². The first-order valence-corrected chi connectivity index (χ1v) is 11.3. The molecule has 1 aliphatic heterocycles. The molecular formula is C16H25ClN2O2S2. The summed E-state index contributed by atoms with van der Waals surface area (Å²) < 4.78 is 24.9. The molecule has 130 valence electrons. The third kappa shape index (κ3) is 7.44. The van der Waals surface area contributed by atoms with Gasteiger partial charge in [-0.05, 0) is 50.1 Å². The van der Waals surface area contributed by atoms with Gasteiger partial charge in [0.15, 0.2) is 0 Å². The van der Waals surface area contributed by atoms with Crippen molar-refractivity contribution in [1.82, 2.24) is 9.62 Å². The standard InChI is InChI=1S/C16H25ClN2O2S2/c1-23(20,21)18-10-9-15-4-2-3-11-19(15)12-13-22-16-7-5-14(17)6-8-16/h5-8,15,18H,2-4,9-13H2,1H3. The number of hydrogen-bond acceptors (Lipinski definition) is 4. The number of halogens is 1. The molecule has 1 heterocycles. The number of likely N-dealkylation sites (tertiary alicyclic amines) is 1. The average Bonchev–Trinajstić information content (AvgIpc) is 2.49. The van der Waals surface area contributed by atoms with Crippen LogP contribution in [0.5, 0.6) is 0 Å². The van der Waals surface area contributed by atoms with Crippen molar-refractivity contribution >= 4 is 33.4 Å². The van der Waals surface area contributed by atoms with Gasteiger partial charge in [0.1, 0.15) is 0 Å². The highest BCUT2D eigenvalue weighted by Crippen LogP contribution is 2.23. The van der Waals surface area contributed by atoms with Crippen molar-refractivity contribution < 1.29 is 8.42 Å². The molecule has 0 aromatic heterocycles. The maximum absolute atomic E-state index is 11.2. The summed E-state index contributed by atoms with van der Waals surface area (Å²) in [7, 11) is -3.08. The Morgan fingerprint density at radius 1 is 1.30 bits per heavy atom. The van der Waals surface area contributed by atoms with Gasteiger partial charge in [-0.25, -0.2) is 13.1 Å². The molecule has 1 fully saturated rings. The van der Waals surface area contributed by atoms with Gasteiger partial charge >= 0.3 is 0 Å². The Balaban J connectivity index is 1.75. The summed E-state index contributed by atoms with van der Waals surface area (Å²) in [6, 6.07) is 8.44. The number of nitrogens with zero attached hydrogens (tertiary/aromatic N) is 1. The lowest BCUT2D eigenvalue weighted by atomic mass is 9.99. The zero-order valence-corrected chi connectivity index (χ0v) is 15.9. The van der Waals surface area contributed by atoms with E-state index in [1.807, 2.05) is 23.9 Å². The van der Waals surface area contributed by atoms with Crippen molar-refractivity contribution in [1.29, 1.82) is 0 Å². The molecule has 2 rings (SSSR count). The Morgan fingerprint density at radius 3 is 2.74 bits per heavy atom. The smallest absolute Gasteiger partial charge is 0.208 e. The van der Waals surface area contributed by atoms with E-state index in [0.29, 0.717) is 12.6 Å². The summed E-state index contributed by atoms with van der Waals surface area (Å²) in [5.41, 5.74) is 0. The van der Waals surface area contributed by atoms with Crippen LogP contribution in [0.2, 0.25) is 5.02 Å². The molecule has 1 atom stereocenters. The van der Waals surface area contributed by atoms with Crippen LogP contribution in [0.15, 0.2) is 29.2 Å². The van der Waals surface area contributed by atoms with E-state index in [4.69, 9.17) is 11.6 Å². The summed E-state index contributed by atoms with van der Waals surface area (Å²) in [6.07, 6.45) is 5.75. The fraction of sp³-hybridized carbons (Fsp3) is 0.625. The fourth-order valence-electron chi connectivity index (χ4n) is 2.90. The van der Waals surface area contributed by atoms with Crippen LogP contribution >= 0.6 is 23.4 Å². The first kappa shape index (κ1) is 19.1. The molecule has 1 unspecified atom stereocenters. The lowest BCUT2D eigenvalue weighted by molar-refractivity contribution is 0.150. The number of sulfonamides is 1. The van der Waals surface area contributed by atoms with Gasteiger partial charge in [-0.3, -0.25) is 4.90 Å². The first-order chi connectivity index (χ1) is 10.9. The Labute approximate surface area is 149 Å². The van der Waals surface area contributed by atoms with Gasteiger partial charge in [0, 0.05) is 34.8 Å². The molecule has 7 heteroatoms.